The fourth-order valence-corrected chi connectivity index (χ4v) is 2.73. The molecule has 0 aromatic rings. The van der Waals surface area contributed by atoms with Crippen LogP contribution in [-0.4, -0.2) is 10.6 Å². The molecular weight excluding hydrogens is 192 g/mol. The maximum absolute atomic E-state index is 10.6. The van der Waals surface area contributed by atoms with Gasteiger partial charge in [0.1, 0.15) is 6.29 Å². The fraction of sp³-hybridized carbons (Fsp3) is 0.625. The number of aldehydes is 1. The second-order valence-corrected chi connectivity index (χ2v) is 4.71. The topological polar surface area (TPSA) is 17.1 Å². The number of fused-ring (bicyclic) bond motifs is 2. The van der Waals surface area contributed by atoms with Gasteiger partial charge in [0.25, 0.3) is 0 Å². The normalized spacial score (nSPS) is 50.1. The number of carbonyl (C=O) groups is 1. The molecule has 0 aliphatic heterocycles. The van der Waals surface area contributed by atoms with E-state index in [2.05, 4.69) is 28.1 Å². The van der Waals surface area contributed by atoms with Crippen molar-refractivity contribution in [2.45, 2.75) is 17.2 Å². The molecule has 3 atom stereocenters. The maximum atomic E-state index is 10.6. The van der Waals surface area contributed by atoms with Crippen molar-refractivity contribution in [3.05, 3.63) is 12.2 Å². The van der Waals surface area contributed by atoms with Gasteiger partial charge in [-0.15, -0.1) is 0 Å². The van der Waals surface area contributed by atoms with Crippen LogP contribution in [0.3, 0.4) is 0 Å². The summed E-state index contributed by atoms with van der Waals surface area (Å²) in [7, 11) is 0. The Bertz CT molecular complexity index is 199. The second-order valence-electron chi connectivity index (χ2n) is 3.24. The summed E-state index contributed by atoms with van der Waals surface area (Å²) in [6.07, 6.45) is 7.62. The van der Waals surface area contributed by atoms with Crippen molar-refractivity contribution in [2.75, 3.05) is 0 Å². The lowest BCUT2D eigenvalue weighted by molar-refractivity contribution is -0.110. The van der Waals surface area contributed by atoms with Crippen LogP contribution in [0.1, 0.15) is 12.8 Å². The fourth-order valence-electron chi connectivity index (χ4n) is 1.97. The van der Waals surface area contributed by atoms with Crippen LogP contribution in [0.25, 0.3) is 0 Å². The molecule has 0 unspecified atom stereocenters. The van der Waals surface area contributed by atoms with E-state index in [0.29, 0.717) is 11.8 Å². The molecule has 0 amide bonds. The third kappa shape index (κ3) is 0.715. The molecule has 2 rings (SSSR count). The van der Waals surface area contributed by atoms with Crippen LogP contribution in [0.4, 0.5) is 0 Å². The van der Waals surface area contributed by atoms with E-state index < -0.39 is 0 Å². The third-order valence-electron chi connectivity index (χ3n) is 2.56. The van der Waals surface area contributed by atoms with E-state index in [4.69, 9.17) is 0 Å². The molecule has 2 aliphatic carbocycles. The number of allylic oxidation sites excluding steroid dienone is 2. The molecule has 0 heterocycles. The third-order valence-corrected chi connectivity index (χ3v) is 3.66. The Morgan fingerprint density at radius 2 is 2.40 bits per heavy atom. The lowest BCUT2D eigenvalue weighted by Gasteiger charge is -2.21. The van der Waals surface area contributed by atoms with Crippen molar-refractivity contribution >= 4 is 22.2 Å². The number of carbonyl (C=O) groups excluding carboxylic acids is 1. The highest BCUT2D eigenvalue weighted by Crippen LogP contribution is 2.49. The molecule has 10 heavy (non-hydrogen) atoms. The minimum Gasteiger partial charge on any atom is -0.302 e. The smallest absolute Gasteiger partial charge is 0.137 e. The van der Waals surface area contributed by atoms with Crippen LogP contribution in [0, 0.1) is 11.8 Å². The number of hydrogen-bond acceptors (Lipinski definition) is 1. The highest BCUT2D eigenvalue weighted by atomic mass is 79.9. The second kappa shape index (κ2) is 1.94. The summed E-state index contributed by atoms with van der Waals surface area (Å²) >= 11 is 3.48. The predicted octanol–water partition coefficient (Wildman–Crippen LogP) is 1.92. The first-order chi connectivity index (χ1) is 4.74. The van der Waals surface area contributed by atoms with E-state index >= 15 is 0 Å². The Labute approximate surface area is 68.6 Å². The van der Waals surface area contributed by atoms with Gasteiger partial charge in [-0.2, -0.15) is 0 Å². The molecule has 1 saturated carbocycles. The van der Waals surface area contributed by atoms with Gasteiger partial charge in [0, 0.05) is 0 Å². The predicted molar refractivity (Wildman–Crippen MR) is 43.1 cm³/mol. The number of rotatable bonds is 1. The number of halogens is 1. The van der Waals surface area contributed by atoms with Crippen LogP contribution in [0.15, 0.2) is 12.2 Å². The van der Waals surface area contributed by atoms with Gasteiger partial charge < -0.3 is 4.79 Å². The molecule has 54 valence electrons. The van der Waals surface area contributed by atoms with Gasteiger partial charge in [0.2, 0.25) is 0 Å². The summed E-state index contributed by atoms with van der Waals surface area (Å²) in [4.78, 5) is 10.6. The van der Waals surface area contributed by atoms with E-state index in [1.54, 1.807) is 0 Å². The van der Waals surface area contributed by atoms with Gasteiger partial charge in [-0.3, -0.25) is 0 Å². The van der Waals surface area contributed by atoms with Crippen LogP contribution in [-0.2, 0) is 4.79 Å². The molecular formula is C8H9BrO. The van der Waals surface area contributed by atoms with Crippen molar-refractivity contribution in [1.82, 2.24) is 0 Å². The average molecular weight is 201 g/mol. The maximum Gasteiger partial charge on any atom is 0.137 e. The molecule has 0 radical (unpaired) electrons. The Kier molecular flexibility index (Phi) is 1.28. The SMILES string of the molecule is O=C[C@@]1(Br)C[C@H]2C=C[C@@H]1C2. The summed E-state index contributed by atoms with van der Waals surface area (Å²) < 4.78 is -0.202. The van der Waals surface area contributed by atoms with E-state index in [-0.39, 0.29) is 4.32 Å². The van der Waals surface area contributed by atoms with E-state index in [0.717, 1.165) is 12.7 Å². The van der Waals surface area contributed by atoms with Gasteiger partial charge in [0.15, 0.2) is 0 Å². The molecule has 2 heteroatoms. The summed E-state index contributed by atoms with van der Waals surface area (Å²) in [6, 6.07) is 0. The number of alkyl halides is 1. The summed E-state index contributed by atoms with van der Waals surface area (Å²) in [5, 5.41) is 0. The number of hydrogen-bond donors (Lipinski definition) is 0. The van der Waals surface area contributed by atoms with Crippen LogP contribution < -0.4 is 0 Å². The van der Waals surface area contributed by atoms with E-state index in [1.165, 1.54) is 6.42 Å². The standard InChI is InChI=1S/C8H9BrO/c9-8(5-10)4-6-1-2-7(8)3-6/h1-2,5-7H,3-4H2/t6-,7+,8-/m0/s1. The molecule has 1 nitrogen and oxygen atoms in total. The van der Waals surface area contributed by atoms with Gasteiger partial charge in [-0.25, -0.2) is 0 Å². The first-order valence-electron chi connectivity index (χ1n) is 3.58. The van der Waals surface area contributed by atoms with E-state index in [1.807, 2.05) is 0 Å². The molecule has 0 aromatic carbocycles. The zero-order valence-corrected chi connectivity index (χ0v) is 7.17. The Balaban J connectivity index is 2.30. The monoisotopic (exact) mass is 200 g/mol. The summed E-state index contributed by atoms with van der Waals surface area (Å²) in [5.74, 6) is 1.13. The molecule has 2 aliphatic rings. The highest BCUT2D eigenvalue weighted by Gasteiger charge is 2.46. The largest absolute Gasteiger partial charge is 0.302 e. The van der Waals surface area contributed by atoms with Crippen molar-refractivity contribution in [3.8, 4) is 0 Å². The van der Waals surface area contributed by atoms with Crippen LogP contribution >= 0.6 is 15.9 Å². The minimum absolute atomic E-state index is 0.202. The zero-order chi connectivity index (χ0) is 7.19. The minimum atomic E-state index is -0.202. The Morgan fingerprint density at radius 3 is 2.70 bits per heavy atom. The van der Waals surface area contributed by atoms with Crippen molar-refractivity contribution in [1.29, 1.82) is 0 Å². The molecule has 2 bridgehead atoms. The van der Waals surface area contributed by atoms with Gasteiger partial charge in [-0.05, 0) is 24.7 Å². The van der Waals surface area contributed by atoms with Gasteiger partial charge >= 0.3 is 0 Å². The van der Waals surface area contributed by atoms with Crippen molar-refractivity contribution in [3.63, 3.8) is 0 Å². The average Bonchev–Trinajstić information content (AvgIpc) is 2.46. The summed E-state index contributed by atoms with van der Waals surface area (Å²) in [6.45, 7) is 0. The molecule has 0 saturated heterocycles. The molecule has 0 spiro atoms. The van der Waals surface area contributed by atoms with Crippen LogP contribution in [0.2, 0.25) is 0 Å². The van der Waals surface area contributed by atoms with Crippen LogP contribution in [0.5, 0.6) is 0 Å². The van der Waals surface area contributed by atoms with E-state index in [9.17, 15) is 4.79 Å². The van der Waals surface area contributed by atoms with Crippen molar-refractivity contribution < 1.29 is 4.79 Å². The summed E-state index contributed by atoms with van der Waals surface area (Å²) in [5.41, 5.74) is 0. The zero-order valence-electron chi connectivity index (χ0n) is 5.59. The van der Waals surface area contributed by atoms with Crippen molar-refractivity contribution in [2.24, 2.45) is 11.8 Å². The molecule has 1 fully saturated rings. The Hall–Kier alpha value is -0.110. The molecule has 0 N–H and O–H groups in total. The lowest BCUT2D eigenvalue weighted by atomic mass is 9.95. The quantitative estimate of drug-likeness (QED) is 0.360. The molecule has 0 aromatic heterocycles. The Morgan fingerprint density at radius 1 is 1.60 bits per heavy atom. The lowest BCUT2D eigenvalue weighted by Crippen LogP contribution is -2.27. The van der Waals surface area contributed by atoms with Gasteiger partial charge in [-0.1, -0.05) is 28.1 Å². The first-order valence-corrected chi connectivity index (χ1v) is 4.37. The van der Waals surface area contributed by atoms with Gasteiger partial charge in [0.05, 0.1) is 4.32 Å². The first kappa shape index (κ1) is 6.59. The highest BCUT2D eigenvalue weighted by molar-refractivity contribution is 9.10.